The van der Waals surface area contributed by atoms with Crippen molar-refractivity contribution in [2.75, 3.05) is 25.2 Å². The molecule has 3 atom stereocenters. The van der Waals surface area contributed by atoms with Gasteiger partial charge in [-0.2, -0.15) is 25.3 Å². The third kappa shape index (κ3) is 5.99. The summed E-state index contributed by atoms with van der Waals surface area (Å²) in [5.74, 6) is -1.92. The van der Waals surface area contributed by atoms with Crippen LogP contribution >= 0.6 is 25.3 Å². The SMILES string of the molecule is COC(=O)[C@H](CO)NC(=O)[C@H](CS)NC(=O)[C@@H](N)CS. The fraction of sp³-hybridized carbons (Fsp3) is 0.700. The van der Waals surface area contributed by atoms with Crippen molar-refractivity contribution in [1.82, 2.24) is 10.6 Å². The lowest BCUT2D eigenvalue weighted by molar-refractivity contribution is -0.146. The molecule has 0 aromatic carbocycles. The fourth-order valence-corrected chi connectivity index (χ4v) is 1.57. The van der Waals surface area contributed by atoms with Crippen LogP contribution in [0.3, 0.4) is 0 Å². The van der Waals surface area contributed by atoms with Gasteiger partial charge in [0.1, 0.15) is 6.04 Å². The number of carbonyl (C=O) groups excluding carboxylic acids is 3. The first-order valence-electron chi connectivity index (χ1n) is 5.67. The molecule has 0 aromatic rings. The van der Waals surface area contributed by atoms with Gasteiger partial charge < -0.3 is 26.2 Å². The van der Waals surface area contributed by atoms with E-state index in [0.29, 0.717) is 0 Å². The molecule has 0 heterocycles. The van der Waals surface area contributed by atoms with E-state index in [2.05, 4.69) is 40.6 Å². The lowest BCUT2D eigenvalue weighted by Gasteiger charge is -2.21. The normalized spacial score (nSPS) is 14.8. The molecule has 0 bridgehead atoms. The van der Waals surface area contributed by atoms with Crippen LogP contribution in [0.2, 0.25) is 0 Å². The van der Waals surface area contributed by atoms with Crippen molar-refractivity contribution in [1.29, 1.82) is 0 Å². The predicted molar refractivity (Wildman–Crippen MR) is 78.6 cm³/mol. The number of carbonyl (C=O) groups is 3. The van der Waals surface area contributed by atoms with Crippen molar-refractivity contribution >= 4 is 43.0 Å². The zero-order valence-corrected chi connectivity index (χ0v) is 12.7. The minimum absolute atomic E-state index is 0.00378. The highest BCUT2D eigenvalue weighted by atomic mass is 32.1. The lowest BCUT2D eigenvalue weighted by Crippen LogP contribution is -2.56. The smallest absolute Gasteiger partial charge is 0.330 e. The van der Waals surface area contributed by atoms with Gasteiger partial charge in [0.05, 0.1) is 19.8 Å². The third-order valence-electron chi connectivity index (χ3n) is 2.33. The molecular formula is C10H19N3O5S2. The zero-order chi connectivity index (χ0) is 15.7. The Labute approximate surface area is 127 Å². The standard InChI is InChI=1S/C10H19N3O5S2/c1-18-10(17)6(2-14)12-9(16)7(4-20)13-8(15)5(11)3-19/h5-7,14,19-20H,2-4,11H2,1H3,(H,12,16)(H,13,15)/t5-,6-,7-/m0/s1. The molecule has 0 fully saturated rings. The predicted octanol–water partition coefficient (Wildman–Crippen LogP) is -2.69. The fourth-order valence-electron chi connectivity index (χ4n) is 1.15. The van der Waals surface area contributed by atoms with Crippen LogP contribution in [0, 0.1) is 0 Å². The summed E-state index contributed by atoms with van der Waals surface area (Å²) in [7, 11) is 1.13. The number of nitrogens with two attached hydrogens (primary N) is 1. The van der Waals surface area contributed by atoms with Crippen molar-refractivity contribution in [2.24, 2.45) is 5.73 Å². The Morgan fingerprint density at radius 2 is 1.70 bits per heavy atom. The molecule has 0 aromatic heterocycles. The number of hydrogen-bond donors (Lipinski definition) is 6. The first-order valence-corrected chi connectivity index (χ1v) is 6.94. The zero-order valence-electron chi connectivity index (χ0n) is 10.9. The Kier molecular flexibility index (Phi) is 9.38. The van der Waals surface area contributed by atoms with Gasteiger partial charge in [-0.1, -0.05) is 0 Å². The van der Waals surface area contributed by atoms with E-state index in [4.69, 9.17) is 10.8 Å². The van der Waals surface area contributed by atoms with Crippen LogP contribution in [-0.2, 0) is 19.1 Å². The monoisotopic (exact) mass is 325 g/mol. The van der Waals surface area contributed by atoms with Gasteiger partial charge in [0.25, 0.3) is 0 Å². The van der Waals surface area contributed by atoms with Crippen molar-refractivity contribution in [3.8, 4) is 0 Å². The van der Waals surface area contributed by atoms with Crippen LogP contribution in [-0.4, -0.2) is 66.2 Å². The molecule has 0 unspecified atom stereocenters. The Balaban J connectivity index is 4.61. The molecule has 20 heavy (non-hydrogen) atoms. The molecule has 2 amide bonds. The highest BCUT2D eigenvalue weighted by molar-refractivity contribution is 7.80. The van der Waals surface area contributed by atoms with E-state index >= 15 is 0 Å². The number of rotatable bonds is 8. The van der Waals surface area contributed by atoms with Crippen LogP contribution in [0.1, 0.15) is 0 Å². The topological polar surface area (TPSA) is 131 Å². The van der Waals surface area contributed by atoms with E-state index in [9.17, 15) is 14.4 Å². The van der Waals surface area contributed by atoms with Gasteiger partial charge in [-0.3, -0.25) is 9.59 Å². The molecule has 0 saturated carbocycles. The summed E-state index contributed by atoms with van der Waals surface area (Å²) >= 11 is 7.81. The summed E-state index contributed by atoms with van der Waals surface area (Å²) in [4.78, 5) is 34.6. The molecule has 116 valence electrons. The van der Waals surface area contributed by atoms with E-state index in [1.54, 1.807) is 0 Å². The molecule has 0 aliphatic heterocycles. The molecular weight excluding hydrogens is 306 g/mol. The number of nitrogens with one attached hydrogen (secondary N) is 2. The number of aliphatic hydroxyl groups is 1. The van der Waals surface area contributed by atoms with Gasteiger partial charge in [0, 0.05) is 11.5 Å². The summed E-state index contributed by atoms with van der Waals surface area (Å²) in [6.45, 7) is -0.623. The average Bonchev–Trinajstić information content (AvgIpc) is 2.47. The molecule has 0 aliphatic carbocycles. The Bertz CT molecular complexity index is 356. The van der Waals surface area contributed by atoms with Crippen molar-refractivity contribution in [2.45, 2.75) is 18.1 Å². The number of hydrogen-bond acceptors (Lipinski definition) is 8. The highest BCUT2D eigenvalue weighted by Gasteiger charge is 2.27. The van der Waals surface area contributed by atoms with Crippen LogP contribution in [0.15, 0.2) is 0 Å². The molecule has 0 saturated heterocycles. The van der Waals surface area contributed by atoms with E-state index in [1.807, 2.05) is 0 Å². The summed E-state index contributed by atoms with van der Waals surface area (Å²) in [5.41, 5.74) is 5.46. The molecule has 0 rings (SSSR count). The van der Waals surface area contributed by atoms with Crippen molar-refractivity contribution < 1.29 is 24.2 Å². The van der Waals surface area contributed by atoms with E-state index < -0.39 is 42.5 Å². The number of esters is 1. The van der Waals surface area contributed by atoms with Crippen molar-refractivity contribution in [3.63, 3.8) is 0 Å². The van der Waals surface area contributed by atoms with E-state index in [1.165, 1.54) is 0 Å². The molecule has 5 N–H and O–H groups in total. The third-order valence-corrected chi connectivity index (χ3v) is 3.09. The quantitative estimate of drug-likeness (QED) is 0.213. The second-order valence-electron chi connectivity index (χ2n) is 3.80. The molecule has 0 spiro atoms. The number of thiol groups is 2. The summed E-state index contributed by atoms with van der Waals surface area (Å²) in [6, 6.07) is -3.05. The minimum Gasteiger partial charge on any atom is -0.467 e. The first kappa shape index (κ1) is 19.0. The Morgan fingerprint density at radius 1 is 1.15 bits per heavy atom. The summed E-state index contributed by atoms with van der Waals surface area (Å²) < 4.78 is 4.40. The summed E-state index contributed by atoms with van der Waals surface area (Å²) in [5, 5.41) is 13.6. The number of aliphatic hydroxyl groups excluding tert-OH is 1. The van der Waals surface area contributed by atoms with Gasteiger partial charge in [0.15, 0.2) is 6.04 Å². The van der Waals surface area contributed by atoms with Crippen LogP contribution in [0.25, 0.3) is 0 Å². The van der Waals surface area contributed by atoms with E-state index in [0.717, 1.165) is 7.11 Å². The van der Waals surface area contributed by atoms with Gasteiger partial charge in [-0.25, -0.2) is 4.79 Å². The van der Waals surface area contributed by atoms with Crippen LogP contribution < -0.4 is 16.4 Å². The molecule has 10 heteroatoms. The molecule has 0 aliphatic rings. The largest absolute Gasteiger partial charge is 0.467 e. The van der Waals surface area contributed by atoms with Gasteiger partial charge in [-0.15, -0.1) is 0 Å². The maximum absolute atomic E-state index is 11.9. The average molecular weight is 325 g/mol. The molecule has 8 nitrogen and oxygen atoms in total. The van der Waals surface area contributed by atoms with Gasteiger partial charge in [0.2, 0.25) is 11.8 Å². The Morgan fingerprint density at radius 3 is 2.10 bits per heavy atom. The molecule has 0 radical (unpaired) electrons. The number of methoxy groups -OCH3 is 1. The van der Waals surface area contributed by atoms with Gasteiger partial charge >= 0.3 is 5.97 Å². The summed E-state index contributed by atoms with van der Waals surface area (Å²) in [6.07, 6.45) is 0. The van der Waals surface area contributed by atoms with E-state index in [-0.39, 0.29) is 11.5 Å². The first-order chi connectivity index (χ1) is 9.40. The second kappa shape index (κ2) is 9.86. The Hall–Kier alpha value is -0.970. The maximum atomic E-state index is 11.9. The van der Waals surface area contributed by atoms with Crippen LogP contribution in [0.4, 0.5) is 0 Å². The van der Waals surface area contributed by atoms with Crippen LogP contribution in [0.5, 0.6) is 0 Å². The minimum atomic E-state index is -1.20. The number of amides is 2. The highest BCUT2D eigenvalue weighted by Crippen LogP contribution is 1.95. The lowest BCUT2D eigenvalue weighted by atomic mass is 10.2. The maximum Gasteiger partial charge on any atom is 0.330 e. The number of ether oxygens (including phenoxy) is 1. The van der Waals surface area contributed by atoms with Crippen molar-refractivity contribution in [3.05, 3.63) is 0 Å². The second-order valence-corrected chi connectivity index (χ2v) is 4.53. The van der Waals surface area contributed by atoms with Gasteiger partial charge in [-0.05, 0) is 0 Å².